The topological polar surface area (TPSA) is 128 Å². The first-order valence-corrected chi connectivity index (χ1v) is 5.26. The summed E-state index contributed by atoms with van der Waals surface area (Å²) < 4.78 is 0. The Hall–Kier alpha value is -2.77. The Bertz CT molecular complexity index is 553. The molecule has 8 heteroatoms. The van der Waals surface area contributed by atoms with Crippen molar-refractivity contribution in [2.75, 3.05) is 0 Å². The molecule has 0 heterocycles. The van der Waals surface area contributed by atoms with Gasteiger partial charge in [0.05, 0.1) is 11.3 Å². The number of carbonyl (C=O) groups is 2. The van der Waals surface area contributed by atoms with E-state index in [1.807, 2.05) is 0 Å². The number of nitrogens with zero attached hydrogens (tertiary/aromatic N) is 2. The fourth-order valence-corrected chi connectivity index (χ4v) is 1.26. The second-order valence-electron chi connectivity index (χ2n) is 3.74. The van der Waals surface area contributed by atoms with Gasteiger partial charge in [0.2, 0.25) is 5.91 Å². The highest BCUT2D eigenvalue weighted by molar-refractivity contribution is 6.00. The molecule has 3 N–H and O–H groups in total. The summed E-state index contributed by atoms with van der Waals surface area (Å²) in [5, 5.41) is 14.2. The Morgan fingerprint density at radius 3 is 2.74 bits per heavy atom. The number of hydrazone groups is 1. The molecule has 0 aliphatic carbocycles. The van der Waals surface area contributed by atoms with Crippen molar-refractivity contribution in [2.24, 2.45) is 10.8 Å². The summed E-state index contributed by atoms with van der Waals surface area (Å²) in [5.41, 5.74) is 7.40. The van der Waals surface area contributed by atoms with Crippen LogP contribution < -0.4 is 11.2 Å². The van der Waals surface area contributed by atoms with E-state index in [2.05, 4.69) is 10.5 Å². The van der Waals surface area contributed by atoms with Gasteiger partial charge in [0.1, 0.15) is 0 Å². The van der Waals surface area contributed by atoms with Gasteiger partial charge in [0.25, 0.3) is 11.6 Å². The molecule has 0 fully saturated rings. The van der Waals surface area contributed by atoms with Crippen molar-refractivity contribution < 1.29 is 14.5 Å². The molecule has 100 valence electrons. The zero-order valence-electron chi connectivity index (χ0n) is 10.1. The van der Waals surface area contributed by atoms with Crippen LogP contribution in [0.3, 0.4) is 0 Å². The maximum absolute atomic E-state index is 11.7. The SMILES string of the molecule is CC(CC(N)=O)=NNC(=O)c1cccc([N+](=O)[O-])c1. The smallest absolute Gasteiger partial charge is 0.271 e. The van der Waals surface area contributed by atoms with E-state index in [-0.39, 0.29) is 17.7 Å². The number of nitrogens with one attached hydrogen (secondary N) is 1. The summed E-state index contributed by atoms with van der Waals surface area (Å²) in [5.74, 6) is -1.17. The number of hydrogen-bond donors (Lipinski definition) is 2. The van der Waals surface area contributed by atoms with E-state index in [0.717, 1.165) is 6.07 Å². The molecule has 0 saturated heterocycles. The van der Waals surface area contributed by atoms with Crippen molar-refractivity contribution in [2.45, 2.75) is 13.3 Å². The van der Waals surface area contributed by atoms with E-state index in [9.17, 15) is 19.7 Å². The Labute approximate surface area is 108 Å². The summed E-state index contributed by atoms with van der Waals surface area (Å²) in [7, 11) is 0. The molecule has 1 aromatic carbocycles. The predicted octanol–water partition coefficient (Wildman–Crippen LogP) is 0.576. The molecule has 0 unspecified atom stereocenters. The van der Waals surface area contributed by atoms with Gasteiger partial charge >= 0.3 is 0 Å². The predicted molar refractivity (Wildman–Crippen MR) is 67.5 cm³/mol. The van der Waals surface area contributed by atoms with Crippen LogP contribution in [0.4, 0.5) is 5.69 Å². The van der Waals surface area contributed by atoms with E-state index in [1.165, 1.54) is 25.1 Å². The van der Waals surface area contributed by atoms with Gasteiger partial charge in [0, 0.05) is 23.4 Å². The molecule has 0 radical (unpaired) electrons. The van der Waals surface area contributed by atoms with Crippen LogP contribution in [0.25, 0.3) is 0 Å². The van der Waals surface area contributed by atoms with Crippen LogP contribution in [0.15, 0.2) is 29.4 Å². The lowest BCUT2D eigenvalue weighted by molar-refractivity contribution is -0.384. The van der Waals surface area contributed by atoms with Crippen molar-refractivity contribution >= 4 is 23.2 Å². The number of hydrogen-bond acceptors (Lipinski definition) is 5. The molecular formula is C11H12N4O4. The molecule has 19 heavy (non-hydrogen) atoms. The third kappa shape index (κ3) is 4.54. The summed E-state index contributed by atoms with van der Waals surface area (Å²) in [6.45, 7) is 1.53. The van der Waals surface area contributed by atoms with E-state index >= 15 is 0 Å². The average Bonchev–Trinajstić information content (AvgIpc) is 2.35. The molecule has 0 aromatic heterocycles. The number of rotatable bonds is 5. The number of benzene rings is 1. The van der Waals surface area contributed by atoms with Crippen molar-refractivity contribution in [1.29, 1.82) is 0 Å². The normalized spacial score (nSPS) is 10.9. The molecule has 2 amide bonds. The molecular weight excluding hydrogens is 252 g/mol. The zero-order valence-corrected chi connectivity index (χ0v) is 10.1. The summed E-state index contributed by atoms with van der Waals surface area (Å²) in [4.78, 5) is 32.2. The molecule has 0 saturated carbocycles. The fraction of sp³-hybridized carbons (Fsp3) is 0.182. The van der Waals surface area contributed by atoms with Crippen LogP contribution >= 0.6 is 0 Å². The minimum Gasteiger partial charge on any atom is -0.369 e. The number of amides is 2. The first kappa shape index (κ1) is 14.3. The highest BCUT2D eigenvalue weighted by Crippen LogP contribution is 2.12. The van der Waals surface area contributed by atoms with E-state index < -0.39 is 16.7 Å². The number of nitrogens with two attached hydrogens (primary N) is 1. The Kier molecular flexibility index (Phi) is 4.69. The first-order chi connectivity index (χ1) is 8.90. The number of nitro benzene ring substituents is 1. The minimum absolute atomic E-state index is 0.0742. The van der Waals surface area contributed by atoms with Crippen molar-refractivity contribution in [3.63, 3.8) is 0 Å². The average molecular weight is 264 g/mol. The number of primary amides is 1. The minimum atomic E-state index is -0.604. The van der Waals surface area contributed by atoms with Gasteiger partial charge in [0.15, 0.2) is 0 Å². The third-order valence-corrected chi connectivity index (χ3v) is 2.10. The van der Waals surface area contributed by atoms with Crippen molar-refractivity contribution in [3.8, 4) is 0 Å². The highest BCUT2D eigenvalue weighted by atomic mass is 16.6. The van der Waals surface area contributed by atoms with E-state index in [4.69, 9.17) is 5.73 Å². The summed E-state index contributed by atoms with van der Waals surface area (Å²) >= 11 is 0. The van der Waals surface area contributed by atoms with Crippen LogP contribution in [0.2, 0.25) is 0 Å². The molecule has 0 spiro atoms. The Balaban J connectivity index is 2.76. The van der Waals surface area contributed by atoms with Gasteiger partial charge < -0.3 is 5.73 Å². The van der Waals surface area contributed by atoms with Crippen LogP contribution in [0.1, 0.15) is 23.7 Å². The van der Waals surface area contributed by atoms with Crippen LogP contribution in [0, 0.1) is 10.1 Å². The molecule has 0 atom stereocenters. The second kappa shape index (κ2) is 6.24. The third-order valence-electron chi connectivity index (χ3n) is 2.10. The second-order valence-corrected chi connectivity index (χ2v) is 3.74. The quantitative estimate of drug-likeness (QED) is 0.457. The van der Waals surface area contributed by atoms with Gasteiger partial charge in [-0.05, 0) is 13.0 Å². The molecule has 0 aliphatic heterocycles. The zero-order chi connectivity index (χ0) is 14.4. The first-order valence-electron chi connectivity index (χ1n) is 5.26. The largest absolute Gasteiger partial charge is 0.369 e. The molecule has 0 bridgehead atoms. The number of carbonyl (C=O) groups excluding carboxylic acids is 2. The monoisotopic (exact) mass is 264 g/mol. The van der Waals surface area contributed by atoms with Crippen LogP contribution in [-0.4, -0.2) is 22.4 Å². The van der Waals surface area contributed by atoms with Crippen LogP contribution in [-0.2, 0) is 4.79 Å². The lowest BCUT2D eigenvalue weighted by atomic mass is 10.2. The summed E-state index contributed by atoms with van der Waals surface area (Å²) in [6.07, 6.45) is -0.0742. The maximum Gasteiger partial charge on any atom is 0.271 e. The van der Waals surface area contributed by atoms with E-state index in [1.54, 1.807) is 0 Å². The molecule has 8 nitrogen and oxygen atoms in total. The van der Waals surface area contributed by atoms with Gasteiger partial charge in [-0.2, -0.15) is 5.10 Å². The molecule has 1 rings (SSSR count). The lowest BCUT2D eigenvalue weighted by Gasteiger charge is -2.01. The number of nitro groups is 1. The number of non-ortho nitro benzene ring substituents is 1. The highest BCUT2D eigenvalue weighted by Gasteiger charge is 2.11. The molecule has 0 aliphatic rings. The molecule has 1 aromatic rings. The lowest BCUT2D eigenvalue weighted by Crippen LogP contribution is -2.21. The maximum atomic E-state index is 11.7. The van der Waals surface area contributed by atoms with Gasteiger partial charge in [-0.15, -0.1) is 0 Å². The Morgan fingerprint density at radius 2 is 2.16 bits per heavy atom. The van der Waals surface area contributed by atoms with Gasteiger partial charge in [-0.3, -0.25) is 19.7 Å². The van der Waals surface area contributed by atoms with Crippen LogP contribution in [0.5, 0.6) is 0 Å². The van der Waals surface area contributed by atoms with Gasteiger partial charge in [-0.25, -0.2) is 5.43 Å². The van der Waals surface area contributed by atoms with Crippen molar-refractivity contribution in [1.82, 2.24) is 5.43 Å². The fourth-order valence-electron chi connectivity index (χ4n) is 1.26. The summed E-state index contributed by atoms with van der Waals surface area (Å²) in [6, 6.07) is 5.22. The Morgan fingerprint density at radius 1 is 1.47 bits per heavy atom. The van der Waals surface area contributed by atoms with Gasteiger partial charge in [-0.1, -0.05) is 6.07 Å². The van der Waals surface area contributed by atoms with Crippen molar-refractivity contribution in [3.05, 3.63) is 39.9 Å². The van der Waals surface area contributed by atoms with E-state index in [0.29, 0.717) is 5.71 Å². The standard InChI is InChI=1S/C11H12N4O4/c1-7(5-10(12)16)13-14-11(17)8-3-2-4-9(6-8)15(18)19/h2-4,6H,5H2,1H3,(H2,12,16)(H,14,17).